The third-order valence-corrected chi connectivity index (χ3v) is 2.03. The zero-order valence-corrected chi connectivity index (χ0v) is 10.0. The molecule has 4 nitrogen and oxygen atoms in total. The van der Waals surface area contributed by atoms with Crippen molar-refractivity contribution in [1.82, 2.24) is 4.98 Å². The van der Waals surface area contributed by atoms with Gasteiger partial charge >= 0.3 is 0 Å². The van der Waals surface area contributed by atoms with Gasteiger partial charge in [0.25, 0.3) is 0 Å². The molecule has 1 aromatic rings. The number of hydrogen-bond donors (Lipinski definition) is 1. The Labute approximate surface area is 97.0 Å². The van der Waals surface area contributed by atoms with E-state index in [1.807, 2.05) is 32.2 Å². The third-order valence-electron chi connectivity index (χ3n) is 2.03. The summed E-state index contributed by atoms with van der Waals surface area (Å²) in [5.41, 5.74) is 1.08. The van der Waals surface area contributed by atoms with Crippen LogP contribution in [0.5, 0.6) is 0 Å². The van der Waals surface area contributed by atoms with Crippen molar-refractivity contribution in [2.45, 2.75) is 20.5 Å². The first-order chi connectivity index (χ1) is 7.86. The van der Waals surface area contributed by atoms with Crippen LogP contribution >= 0.6 is 0 Å². The van der Waals surface area contributed by atoms with Crippen LogP contribution in [0.1, 0.15) is 19.4 Å². The summed E-state index contributed by atoms with van der Waals surface area (Å²) in [6.07, 6.45) is 1.83. The Morgan fingerprint density at radius 3 is 2.62 bits per heavy atom. The van der Waals surface area contributed by atoms with Gasteiger partial charge in [-0.25, -0.2) is 4.98 Å². The molecule has 0 fully saturated rings. The van der Waals surface area contributed by atoms with Gasteiger partial charge < -0.3 is 14.8 Å². The fraction of sp³-hybridized carbons (Fsp3) is 0.583. The number of rotatable bonds is 8. The van der Waals surface area contributed by atoms with E-state index in [0.717, 1.165) is 24.5 Å². The number of anilines is 1. The van der Waals surface area contributed by atoms with E-state index in [-0.39, 0.29) is 0 Å². The Balaban J connectivity index is 2.21. The fourth-order valence-electron chi connectivity index (χ4n) is 1.25. The van der Waals surface area contributed by atoms with Gasteiger partial charge in [-0.2, -0.15) is 0 Å². The predicted octanol–water partition coefficient (Wildman–Crippen LogP) is 2.07. The van der Waals surface area contributed by atoms with Crippen molar-refractivity contribution in [2.75, 3.05) is 31.7 Å². The molecule has 1 aromatic heterocycles. The normalized spacial score (nSPS) is 10.4. The van der Waals surface area contributed by atoms with E-state index in [9.17, 15) is 0 Å². The summed E-state index contributed by atoms with van der Waals surface area (Å²) < 4.78 is 10.6. The summed E-state index contributed by atoms with van der Waals surface area (Å²) in [7, 11) is 0. The second-order valence-corrected chi connectivity index (χ2v) is 3.33. The smallest absolute Gasteiger partial charge is 0.125 e. The first-order valence-electron chi connectivity index (χ1n) is 5.71. The standard InChI is InChI=1S/C12H20N2O2/c1-3-13-12-6-5-11(9-14-12)10-16-8-7-15-4-2/h5-6,9H,3-4,7-8,10H2,1-2H3,(H,13,14). The molecule has 0 aliphatic heterocycles. The molecule has 1 heterocycles. The summed E-state index contributed by atoms with van der Waals surface area (Å²) >= 11 is 0. The van der Waals surface area contributed by atoms with Crippen LogP contribution in [-0.4, -0.2) is 31.3 Å². The molecule has 0 saturated carbocycles. The molecule has 0 aliphatic carbocycles. The van der Waals surface area contributed by atoms with Gasteiger partial charge in [-0.15, -0.1) is 0 Å². The van der Waals surface area contributed by atoms with E-state index in [1.54, 1.807) is 0 Å². The zero-order valence-electron chi connectivity index (χ0n) is 10.0. The van der Waals surface area contributed by atoms with Crippen molar-refractivity contribution in [3.8, 4) is 0 Å². The zero-order chi connectivity index (χ0) is 11.6. The van der Waals surface area contributed by atoms with E-state index < -0.39 is 0 Å². The molecule has 0 atom stereocenters. The molecule has 0 unspecified atom stereocenters. The molecule has 16 heavy (non-hydrogen) atoms. The molecule has 0 amide bonds. The lowest BCUT2D eigenvalue weighted by molar-refractivity contribution is 0.0452. The molecular weight excluding hydrogens is 204 g/mol. The lowest BCUT2D eigenvalue weighted by Gasteiger charge is -2.05. The Bertz CT molecular complexity index is 275. The maximum atomic E-state index is 5.44. The maximum Gasteiger partial charge on any atom is 0.125 e. The number of nitrogens with zero attached hydrogens (tertiary/aromatic N) is 1. The van der Waals surface area contributed by atoms with Crippen molar-refractivity contribution in [3.05, 3.63) is 23.9 Å². The number of pyridine rings is 1. The van der Waals surface area contributed by atoms with Gasteiger partial charge in [-0.05, 0) is 25.5 Å². The van der Waals surface area contributed by atoms with Crippen molar-refractivity contribution >= 4 is 5.82 Å². The van der Waals surface area contributed by atoms with E-state index >= 15 is 0 Å². The summed E-state index contributed by atoms with van der Waals surface area (Å²) in [4.78, 5) is 4.26. The van der Waals surface area contributed by atoms with E-state index in [1.165, 1.54) is 0 Å². The Morgan fingerprint density at radius 1 is 1.19 bits per heavy atom. The van der Waals surface area contributed by atoms with Crippen LogP contribution in [-0.2, 0) is 16.1 Å². The number of nitrogens with one attached hydrogen (secondary N) is 1. The molecule has 0 spiro atoms. The first-order valence-corrected chi connectivity index (χ1v) is 5.71. The largest absolute Gasteiger partial charge is 0.379 e. The highest BCUT2D eigenvalue weighted by atomic mass is 16.5. The molecule has 1 N–H and O–H groups in total. The van der Waals surface area contributed by atoms with Crippen molar-refractivity contribution in [2.24, 2.45) is 0 Å². The van der Waals surface area contributed by atoms with Gasteiger partial charge in [-0.1, -0.05) is 6.07 Å². The average Bonchev–Trinajstić information content (AvgIpc) is 2.31. The molecule has 0 bridgehead atoms. The highest BCUT2D eigenvalue weighted by Crippen LogP contribution is 2.05. The maximum absolute atomic E-state index is 5.44. The van der Waals surface area contributed by atoms with Crippen LogP contribution in [0.15, 0.2) is 18.3 Å². The average molecular weight is 224 g/mol. The highest BCUT2D eigenvalue weighted by molar-refractivity contribution is 5.34. The Kier molecular flexibility index (Phi) is 6.53. The van der Waals surface area contributed by atoms with Crippen LogP contribution < -0.4 is 5.32 Å². The summed E-state index contributed by atoms with van der Waals surface area (Å²) in [5, 5.41) is 3.15. The lowest BCUT2D eigenvalue weighted by Crippen LogP contribution is -2.04. The van der Waals surface area contributed by atoms with Crippen LogP contribution in [0.4, 0.5) is 5.82 Å². The van der Waals surface area contributed by atoms with Gasteiger partial charge in [0, 0.05) is 19.3 Å². The van der Waals surface area contributed by atoms with E-state index in [2.05, 4.69) is 10.3 Å². The lowest BCUT2D eigenvalue weighted by atomic mass is 10.3. The van der Waals surface area contributed by atoms with Crippen LogP contribution in [0.25, 0.3) is 0 Å². The van der Waals surface area contributed by atoms with Crippen molar-refractivity contribution in [3.63, 3.8) is 0 Å². The number of aromatic nitrogens is 1. The van der Waals surface area contributed by atoms with Gasteiger partial charge in [0.15, 0.2) is 0 Å². The van der Waals surface area contributed by atoms with Gasteiger partial charge in [0.05, 0.1) is 19.8 Å². The summed E-state index contributed by atoms with van der Waals surface area (Å²) in [5.74, 6) is 0.903. The second-order valence-electron chi connectivity index (χ2n) is 3.33. The summed E-state index contributed by atoms with van der Waals surface area (Å²) in [6, 6.07) is 3.98. The number of ether oxygens (including phenoxy) is 2. The highest BCUT2D eigenvalue weighted by Gasteiger charge is 1.95. The minimum absolute atomic E-state index is 0.590. The molecule has 90 valence electrons. The minimum Gasteiger partial charge on any atom is -0.379 e. The van der Waals surface area contributed by atoms with E-state index in [4.69, 9.17) is 9.47 Å². The molecule has 1 rings (SSSR count). The predicted molar refractivity (Wildman–Crippen MR) is 64.5 cm³/mol. The molecule has 0 radical (unpaired) electrons. The molecular formula is C12H20N2O2. The minimum atomic E-state index is 0.590. The molecule has 0 aliphatic rings. The van der Waals surface area contributed by atoms with Crippen LogP contribution in [0.2, 0.25) is 0 Å². The molecule has 0 saturated heterocycles. The number of hydrogen-bond acceptors (Lipinski definition) is 4. The van der Waals surface area contributed by atoms with Crippen molar-refractivity contribution < 1.29 is 9.47 Å². The Morgan fingerprint density at radius 2 is 2.00 bits per heavy atom. The summed E-state index contributed by atoms with van der Waals surface area (Å²) in [6.45, 7) is 7.52. The first kappa shape index (κ1) is 12.9. The van der Waals surface area contributed by atoms with Gasteiger partial charge in [0.1, 0.15) is 5.82 Å². The fourth-order valence-corrected chi connectivity index (χ4v) is 1.25. The second kappa shape index (κ2) is 8.07. The molecule has 4 heteroatoms. The topological polar surface area (TPSA) is 43.4 Å². The van der Waals surface area contributed by atoms with E-state index in [0.29, 0.717) is 19.8 Å². The van der Waals surface area contributed by atoms with Gasteiger partial charge in [0.2, 0.25) is 0 Å². The monoisotopic (exact) mass is 224 g/mol. The van der Waals surface area contributed by atoms with Gasteiger partial charge in [-0.3, -0.25) is 0 Å². The third kappa shape index (κ3) is 5.09. The van der Waals surface area contributed by atoms with Crippen LogP contribution in [0.3, 0.4) is 0 Å². The molecule has 0 aromatic carbocycles. The quantitative estimate of drug-likeness (QED) is 0.686. The van der Waals surface area contributed by atoms with Crippen LogP contribution in [0, 0.1) is 0 Å². The van der Waals surface area contributed by atoms with Crippen molar-refractivity contribution in [1.29, 1.82) is 0 Å². The SMILES string of the molecule is CCNc1ccc(COCCOCC)cn1. The Hall–Kier alpha value is -1.13.